The van der Waals surface area contributed by atoms with E-state index in [0.29, 0.717) is 41.6 Å². The summed E-state index contributed by atoms with van der Waals surface area (Å²) in [6.07, 6.45) is 10.3. The van der Waals surface area contributed by atoms with Gasteiger partial charge in [-0.2, -0.15) is 0 Å². The first kappa shape index (κ1) is 19.4. The molecule has 9 heteroatoms. The Morgan fingerprint density at radius 3 is 2.90 bits per heavy atom. The fraction of sp³-hybridized carbons (Fsp3) is 0.350. The summed E-state index contributed by atoms with van der Waals surface area (Å²) in [7, 11) is 0. The maximum absolute atomic E-state index is 12.6. The molecule has 0 aromatic carbocycles. The van der Waals surface area contributed by atoms with Gasteiger partial charge in [0.2, 0.25) is 5.12 Å². The van der Waals surface area contributed by atoms with Crippen LogP contribution in [0.15, 0.2) is 35.8 Å². The van der Waals surface area contributed by atoms with Crippen LogP contribution >= 0.6 is 11.8 Å². The highest BCUT2D eigenvalue weighted by Crippen LogP contribution is 2.30. The molecule has 1 atom stereocenters. The van der Waals surface area contributed by atoms with Crippen LogP contribution < -0.4 is 0 Å². The Bertz CT molecular complexity index is 979. The minimum Gasteiger partial charge on any atom is -0.337 e. The summed E-state index contributed by atoms with van der Waals surface area (Å²) >= 11 is 0.968. The number of hydrogen-bond donors (Lipinski definition) is 0. The van der Waals surface area contributed by atoms with Crippen molar-refractivity contribution in [1.29, 1.82) is 0 Å². The van der Waals surface area contributed by atoms with Gasteiger partial charge in [0.1, 0.15) is 11.5 Å². The Labute approximate surface area is 171 Å². The summed E-state index contributed by atoms with van der Waals surface area (Å²) in [6, 6.07) is 1.72. The minimum atomic E-state index is -0.161. The van der Waals surface area contributed by atoms with E-state index < -0.39 is 0 Å². The quantitative estimate of drug-likeness (QED) is 0.557. The molecule has 4 rings (SSSR count). The summed E-state index contributed by atoms with van der Waals surface area (Å²) < 4.78 is 0. The first-order valence-corrected chi connectivity index (χ1v) is 10.2. The number of thioether (sulfide) groups is 1. The number of piperidine rings is 1. The monoisotopic (exact) mass is 409 g/mol. The average Bonchev–Trinajstić information content (AvgIpc) is 3.05. The normalized spacial score (nSPS) is 21.0. The van der Waals surface area contributed by atoms with Crippen LogP contribution in [0.5, 0.6) is 0 Å². The summed E-state index contributed by atoms with van der Waals surface area (Å²) in [5, 5.41) is -0.134. The predicted octanol–water partition coefficient (Wildman–Crippen LogP) is 1.93. The fourth-order valence-electron chi connectivity index (χ4n) is 3.52. The lowest BCUT2D eigenvalue weighted by Crippen LogP contribution is -2.41. The molecule has 0 aliphatic carbocycles. The number of carbonyl (C=O) groups excluding carboxylic acids is 3. The molecule has 2 fully saturated rings. The third-order valence-electron chi connectivity index (χ3n) is 4.87. The maximum Gasteiger partial charge on any atom is 0.274 e. The van der Waals surface area contributed by atoms with Crippen LogP contribution in [0.4, 0.5) is 0 Å². The molecule has 2 aliphatic heterocycles. The van der Waals surface area contributed by atoms with E-state index in [9.17, 15) is 14.4 Å². The van der Waals surface area contributed by atoms with Crippen molar-refractivity contribution < 1.29 is 14.4 Å². The number of amides is 1. The molecule has 0 N–H and O–H groups in total. The van der Waals surface area contributed by atoms with Crippen LogP contribution in [0, 0.1) is 5.92 Å². The number of carbonyl (C=O) groups is 3. The number of ketones is 1. The van der Waals surface area contributed by atoms with Crippen molar-refractivity contribution in [2.75, 3.05) is 13.1 Å². The van der Waals surface area contributed by atoms with E-state index in [2.05, 4.69) is 19.9 Å². The Balaban J connectivity index is 1.43. The molecule has 2 aromatic rings. The number of rotatable bonds is 4. The van der Waals surface area contributed by atoms with Gasteiger partial charge in [0, 0.05) is 38.1 Å². The Morgan fingerprint density at radius 2 is 2.14 bits per heavy atom. The lowest BCUT2D eigenvalue weighted by Gasteiger charge is -2.32. The number of Topliss-reactive ketones (excluding diaryl/α,β-unsaturated/α-hetero) is 1. The van der Waals surface area contributed by atoms with Crippen molar-refractivity contribution in [2.45, 2.75) is 25.7 Å². The summed E-state index contributed by atoms with van der Waals surface area (Å²) in [6.45, 7) is 1.32. The molecule has 8 nitrogen and oxygen atoms in total. The van der Waals surface area contributed by atoms with E-state index in [-0.39, 0.29) is 29.1 Å². The van der Waals surface area contributed by atoms with Crippen molar-refractivity contribution in [3.05, 3.63) is 53.0 Å². The van der Waals surface area contributed by atoms with Gasteiger partial charge < -0.3 is 4.90 Å². The third-order valence-corrected chi connectivity index (χ3v) is 5.81. The molecule has 0 spiro atoms. The minimum absolute atomic E-state index is 0.0494. The predicted molar refractivity (Wildman–Crippen MR) is 107 cm³/mol. The van der Waals surface area contributed by atoms with E-state index in [1.54, 1.807) is 24.5 Å². The molecule has 0 saturated carbocycles. The second-order valence-electron chi connectivity index (χ2n) is 7.03. The van der Waals surface area contributed by atoms with Crippen molar-refractivity contribution in [1.82, 2.24) is 24.8 Å². The first-order valence-electron chi connectivity index (χ1n) is 9.41. The van der Waals surface area contributed by atoms with E-state index in [1.165, 1.54) is 12.4 Å². The second-order valence-corrected chi connectivity index (χ2v) is 8.13. The second kappa shape index (κ2) is 8.60. The van der Waals surface area contributed by atoms with Gasteiger partial charge in [-0.25, -0.2) is 15.0 Å². The van der Waals surface area contributed by atoms with E-state index >= 15 is 0 Å². The zero-order valence-corrected chi connectivity index (χ0v) is 16.5. The zero-order valence-electron chi connectivity index (χ0n) is 15.7. The van der Waals surface area contributed by atoms with E-state index in [1.807, 2.05) is 4.90 Å². The number of nitrogens with zero attached hydrogens (tertiary/aromatic N) is 5. The largest absolute Gasteiger partial charge is 0.337 e. The molecule has 29 heavy (non-hydrogen) atoms. The van der Waals surface area contributed by atoms with Crippen LogP contribution in [-0.4, -0.2) is 54.7 Å². The Hall–Kier alpha value is -2.94. The van der Waals surface area contributed by atoms with Crippen molar-refractivity contribution in [3.63, 3.8) is 0 Å². The van der Waals surface area contributed by atoms with E-state index in [0.717, 1.165) is 24.6 Å². The van der Waals surface area contributed by atoms with Gasteiger partial charge in [-0.15, -0.1) is 0 Å². The molecule has 0 bridgehead atoms. The Kier molecular flexibility index (Phi) is 5.75. The van der Waals surface area contributed by atoms with Crippen molar-refractivity contribution >= 4 is 34.6 Å². The van der Waals surface area contributed by atoms with Gasteiger partial charge in [0.25, 0.3) is 5.91 Å². The average molecular weight is 409 g/mol. The highest BCUT2D eigenvalue weighted by Gasteiger charge is 2.27. The van der Waals surface area contributed by atoms with Gasteiger partial charge >= 0.3 is 0 Å². The molecule has 2 saturated heterocycles. The summed E-state index contributed by atoms with van der Waals surface area (Å²) in [5.74, 6) is 0.644. The van der Waals surface area contributed by atoms with Gasteiger partial charge in [-0.3, -0.25) is 19.4 Å². The highest BCUT2D eigenvalue weighted by molar-refractivity contribution is 8.18. The highest BCUT2D eigenvalue weighted by atomic mass is 32.2. The number of hydrogen-bond acceptors (Lipinski definition) is 8. The number of aromatic nitrogens is 4. The zero-order chi connectivity index (χ0) is 20.2. The molecular formula is C20H19N5O3S. The molecule has 0 unspecified atom stereocenters. The molecule has 2 aliphatic rings. The SMILES string of the molecule is O=C1CC(=O)/C(=C/c2ccnc(C[C@H]3CCCN(C(=O)c4cnccn4)C3)n2)S1. The smallest absolute Gasteiger partial charge is 0.274 e. The third kappa shape index (κ3) is 4.73. The van der Waals surface area contributed by atoms with Crippen LogP contribution in [0.1, 0.15) is 41.3 Å². The molecular weight excluding hydrogens is 390 g/mol. The van der Waals surface area contributed by atoms with Crippen LogP contribution in [-0.2, 0) is 16.0 Å². The summed E-state index contributed by atoms with van der Waals surface area (Å²) in [5.41, 5.74) is 0.968. The molecule has 0 radical (unpaired) electrons. The standard InChI is InChI=1S/C20H19N5O3S/c26-16-10-19(27)29-17(16)9-14-3-4-23-18(24-14)8-13-2-1-7-25(12-13)20(28)15-11-21-5-6-22-15/h3-6,9,11,13H,1-2,7-8,10,12H2/b17-9-/t13-/m1/s1. The first-order chi connectivity index (χ1) is 14.1. The van der Waals surface area contributed by atoms with Crippen LogP contribution in [0.25, 0.3) is 6.08 Å². The molecule has 1 amide bonds. The van der Waals surface area contributed by atoms with Crippen molar-refractivity contribution in [3.8, 4) is 0 Å². The van der Waals surface area contributed by atoms with Gasteiger partial charge in [-0.1, -0.05) is 0 Å². The lowest BCUT2D eigenvalue weighted by molar-refractivity contribution is -0.119. The fourth-order valence-corrected chi connectivity index (χ4v) is 4.33. The lowest BCUT2D eigenvalue weighted by atomic mass is 9.94. The Morgan fingerprint density at radius 1 is 1.24 bits per heavy atom. The van der Waals surface area contributed by atoms with Gasteiger partial charge in [0.05, 0.1) is 23.2 Å². The summed E-state index contributed by atoms with van der Waals surface area (Å²) in [4.78, 5) is 55.0. The van der Waals surface area contributed by atoms with Crippen LogP contribution in [0.3, 0.4) is 0 Å². The van der Waals surface area contributed by atoms with Crippen molar-refractivity contribution in [2.24, 2.45) is 5.92 Å². The van der Waals surface area contributed by atoms with Gasteiger partial charge in [0.15, 0.2) is 5.78 Å². The molecule has 4 heterocycles. The van der Waals surface area contributed by atoms with Crippen LogP contribution in [0.2, 0.25) is 0 Å². The molecule has 2 aromatic heterocycles. The number of likely N-dealkylation sites (tertiary alicyclic amines) is 1. The topological polar surface area (TPSA) is 106 Å². The number of allylic oxidation sites excluding steroid dienone is 1. The molecule has 148 valence electrons. The maximum atomic E-state index is 12.6. The van der Waals surface area contributed by atoms with E-state index in [4.69, 9.17) is 0 Å². The van der Waals surface area contributed by atoms with Gasteiger partial charge in [-0.05, 0) is 42.7 Å².